The largest absolute Gasteiger partial charge is 0.544 e. The second-order valence-corrected chi connectivity index (χ2v) is 7.54. The molecule has 0 saturated heterocycles. The SMILES string of the molecule is COc1cc(/C=C/C(=O)c2ccc(C(=O)[O-])s2)ccc1OCc1cccs1. The smallest absolute Gasteiger partial charge is 0.195 e. The van der Waals surface area contributed by atoms with Crippen LogP contribution in [0.2, 0.25) is 0 Å². The minimum atomic E-state index is -1.29. The number of thiophene rings is 2. The van der Waals surface area contributed by atoms with Crippen LogP contribution >= 0.6 is 22.7 Å². The molecule has 5 nitrogen and oxygen atoms in total. The Balaban J connectivity index is 1.69. The summed E-state index contributed by atoms with van der Waals surface area (Å²) in [7, 11) is 1.55. The summed E-state index contributed by atoms with van der Waals surface area (Å²) in [5.74, 6) is -0.377. The molecule has 2 aromatic heterocycles. The van der Waals surface area contributed by atoms with Crippen LogP contribution in [0.4, 0.5) is 0 Å². The highest BCUT2D eigenvalue weighted by atomic mass is 32.1. The lowest BCUT2D eigenvalue weighted by Gasteiger charge is -2.10. The number of carbonyl (C=O) groups excluding carboxylic acids is 2. The average molecular weight is 399 g/mol. The molecule has 1 aromatic carbocycles. The van der Waals surface area contributed by atoms with Gasteiger partial charge < -0.3 is 19.4 Å². The fraction of sp³-hybridized carbons (Fsp3) is 0.100. The second kappa shape index (κ2) is 8.66. The molecule has 0 atom stereocenters. The molecule has 0 amide bonds. The number of hydrogen-bond donors (Lipinski definition) is 0. The van der Waals surface area contributed by atoms with Crippen molar-refractivity contribution in [2.45, 2.75) is 6.61 Å². The maximum absolute atomic E-state index is 12.2. The lowest BCUT2D eigenvalue weighted by Crippen LogP contribution is -2.20. The fourth-order valence-electron chi connectivity index (χ4n) is 2.28. The predicted molar refractivity (Wildman–Crippen MR) is 104 cm³/mol. The summed E-state index contributed by atoms with van der Waals surface area (Å²) in [6, 6.07) is 12.2. The van der Waals surface area contributed by atoms with E-state index in [1.165, 1.54) is 18.2 Å². The molecule has 0 spiro atoms. The van der Waals surface area contributed by atoms with E-state index in [1.807, 2.05) is 23.6 Å². The maximum atomic E-state index is 12.2. The number of carbonyl (C=O) groups is 2. The monoisotopic (exact) mass is 399 g/mol. The molecule has 0 bridgehead atoms. The molecule has 0 aliphatic carbocycles. The molecule has 0 saturated carbocycles. The Kier molecular flexibility index (Phi) is 6.05. The van der Waals surface area contributed by atoms with Gasteiger partial charge in [0.1, 0.15) is 6.61 Å². The van der Waals surface area contributed by atoms with Crippen LogP contribution in [0.5, 0.6) is 11.5 Å². The lowest BCUT2D eigenvalue weighted by molar-refractivity contribution is -0.254. The van der Waals surface area contributed by atoms with Crippen molar-refractivity contribution in [3.63, 3.8) is 0 Å². The van der Waals surface area contributed by atoms with E-state index in [-0.39, 0.29) is 10.7 Å². The predicted octanol–water partition coefficient (Wildman–Crippen LogP) is 3.66. The number of methoxy groups -OCH3 is 1. The fourth-order valence-corrected chi connectivity index (χ4v) is 3.66. The zero-order valence-electron chi connectivity index (χ0n) is 14.3. The molecule has 3 aromatic rings. The number of benzene rings is 1. The Morgan fingerprint density at radius 3 is 2.59 bits per heavy atom. The second-order valence-electron chi connectivity index (χ2n) is 5.43. The van der Waals surface area contributed by atoms with E-state index in [0.29, 0.717) is 23.0 Å². The highest BCUT2D eigenvalue weighted by Gasteiger charge is 2.08. The van der Waals surface area contributed by atoms with Crippen molar-refractivity contribution < 1.29 is 24.2 Å². The van der Waals surface area contributed by atoms with E-state index in [0.717, 1.165) is 21.8 Å². The first-order valence-electron chi connectivity index (χ1n) is 7.93. The third-order valence-corrected chi connectivity index (χ3v) is 5.54. The van der Waals surface area contributed by atoms with Gasteiger partial charge in [-0.15, -0.1) is 22.7 Å². The van der Waals surface area contributed by atoms with E-state index >= 15 is 0 Å². The van der Waals surface area contributed by atoms with Crippen LogP contribution in [0.1, 0.15) is 29.8 Å². The van der Waals surface area contributed by atoms with E-state index in [4.69, 9.17) is 9.47 Å². The number of ketones is 1. The Morgan fingerprint density at radius 1 is 1.11 bits per heavy atom. The summed E-state index contributed by atoms with van der Waals surface area (Å²) in [6.45, 7) is 0.459. The number of allylic oxidation sites excluding steroid dienone is 1. The van der Waals surface area contributed by atoms with E-state index in [1.54, 1.807) is 36.7 Å². The van der Waals surface area contributed by atoms with Gasteiger partial charge in [-0.1, -0.05) is 18.2 Å². The molecule has 0 aliphatic heterocycles. The molecule has 2 heterocycles. The van der Waals surface area contributed by atoms with Gasteiger partial charge in [-0.2, -0.15) is 0 Å². The van der Waals surface area contributed by atoms with Crippen molar-refractivity contribution in [3.05, 3.63) is 74.1 Å². The first-order chi connectivity index (χ1) is 13.1. The minimum Gasteiger partial charge on any atom is -0.544 e. The zero-order valence-corrected chi connectivity index (χ0v) is 16.0. The zero-order chi connectivity index (χ0) is 19.2. The van der Waals surface area contributed by atoms with Gasteiger partial charge in [-0.05, 0) is 47.4 Å². The van der Waals surface area contributed by atoms with Gasteiger partial charge in [0, 0.05) is 4.88 Å². The summed E-state index contributed by atoms with van der Waals surface area (Å²) in [4.78, 5) is 24.4. The molecular formula is C20H15O5S2-. The van der Waals surface area contributed by atoms with Crippen molar-refractivity contribution in [1.29, 1.82) is 0 Å². The summed E-state index contributed by atoms with van der Waals surface area (Å²) in [5.41, 5.74) is 0.764. The van der Waals surface area contributed by atoms with Crippen LogP contribution in [0, 0.1) is 0 Å². The van der Waals surface area contributed by atoms with E-state index in [2.05, 4.69) is 0 Å². The Morgan fingerprint density at radius 2 is 1.93 bits per heavy atom. The summed E-state index contributed by atoms with van der Waals surface area (Å²) < 4.78 is 11.1. The van der Waals surface area contributed by atoms with Crippen LogP contribution in [-0.2, 0) is 6.61 Å². The van der Waals surface area contributed by atoms with Crippen LogP contribution in [0.15, 0.2) is 53.9 Å². The van der Waals surface area contributed by atoms with Crippen molar-refractivity contribution >= 4 is 40.5 Å². The average Bonchev–Trinajstić information content (AvgIpc) is 3.36. The van der Waals surface area contributed by atoms with Crippen molar-refractivity contribution in [1.82, 2.24) is 0 Å². The molecular weight excluding hydrogens is 384 g/mol. The van der Waals surface area contributed by atoms with Gasteiger partial charge in [-0.3, -0.25) is 4.79 Å². The van der Waals surface area contributed by atoms with Gasteiger partial charge in [0.2, 0.25) is 0 Å². The van der Waals surface area contributed by atoms with E-state index in [9.17, 15) is 14.7 Å². The minimum absolute atomic E-state index is 0.0284. The van der Waals surface area contributed by atoms with Gasteiger partial charge in [-0.25, -0.2) is 0 Å². The molecule has 3 rings (SSSR count). The number of ether oxygens (including phenoxy) is 2. The summed E-state index contributed by atoms with van der Waals surface area (Å²) in [6.07, 6.45) is 3.04. The highest BCUT2D eigenvalue weighted by Crippen LogP contribution is 2.30. The van der Waals surface area contributed by atoms with Crippen molar-refractivity contribution in [2.24, 2.45) is 0 Å². The van der Waals surface area contributed by atoms with Crippen LogP contribution in [0.3, 0.4) is 0 Å². The third-order valence-electron chi connectivity index (χ3n) is 3.61. The first kappa shape index (κ1) is 18.9. The number of carboxylic acids is 1. The van der Waals surface area contributed by atoms with Crippen LogP contribution < -0.4 is 14.6 Å². The first-order valence-corrected chi connectivity index (χ1v) is 9.63. The van der Waals surface area contributed by atoms with Crippen molar-refractivity contribution in [3.8, 4) is 11.5 Å². The normalized spacial score (nSPS) is 10.9. The molecule has 138 valence electrons. The van der Waals surface area contributed by atoms with Gasteiger partial charge in [0.05, 0.1) is 22.8 Å². The quantitative estimate of drug-likeness (QED) is 0.427. The molecule has 7 heteroatoms. The summed E-state index contributed by atoms with van der Waals surface area (Å²) in [5, 5.41) is 12.8. The number of hydrogen-bond acceptors (Lipinski definition) is 7. The van der Waals surface area contributed by atoms with Crippen molar-refractivity contribution in [2.75, 3.05) is 7.11 Å². The number of aromatic carboxylic acids is 1. The number of carboxylic acid groups (broad SMARTS) is 1. The standard InChI is InChI=1S/C20H16O5S2/c1-24-17-11-13(5-7-16(17)25-12-14-3-2-10-26-14)4-6-15(21)18-8-9-19(27-18)20(22)23/h2-11H,12H2,1H3,(H,22,23)/p-1/b6-4+. The Labute approximate surface area is 164 Å². The number of rotatable bonds is 8. The molecule has 0 unspecified atom stereocenters. The highest BCUT2D eigenvalue weighted by molar-refractivity contribution is 7.16. The molecule has 0 fully saturated rings. The Bertz CT molecular complexity index is 970. The molecule has 0 radical (unpaired) electrons. The van der Waals surface area contributed by atoms with Gasteiger partial charge >= 0.3 is 0 Å². The maximum Gasteiger partial charge on any atom is 0.195 e. The topological polar surface area (TPSA) is 75.7 Å². The van der Waals surface area contributed by atoms with E-state index < -0.39 is 5.97 Å². The van der Waals surface area contributed by atoms with Gasteiger partial charge in [0.15, 0.2) is 17.3 Å². The lowest BCUT2D eigenvalue weighted by atomic mass is 10.1. The Hall–Kier alpha value is -2.90. The molecule has 0 aliphatic rings. The van der Waals surface area contributed by atoms with Crippen LogP contribution in [0.25, 0.3) is 6.08 Å². The third kappa shape index (κ3) is 4.84. The summed E-state index contributed by atoms with van der Waals surface area (Å²) >= 11 is 2.51. The molecule has 27 heavy (non-hydrogen) atoms. The van der Waals surface area contributed by atoms with Gasteiger partial charge in [0.25, 0.3) is 0 Å². The molecule has 0 N–H and O–H groups in total. The van der Waals surface area contributed by atoms with Crippen LogP contribution in [-0.4, -0.2) is 18.9 Å².